The summed E-state index contributed by atoms with van der Waals surface area (Å²) in [6, 6.07) is 12.1. The van der Waals surface area contributed by atoms with E-state index in [0.29, 0.717) is 12.4 Å². The molecule has 1 saturated heterocycles. The summed E-state index contributed by atoms with van der Waals surface area (Å²) in [6.07, 6.45) is 5.06. The smallest absolute Gasteiger partial charge is 0.322 e. The Morgan fingerprint density at radius 2 is 2.08 bits per heavy atom. The predicted octanol–water partition coefficient (Wildman–Crippen LogP) is 3.12. The zero-order valence-electron chi connectivity index (χ0n) is 14.5. The molecule has 0 aliphatic carbocycles. The summed E-state index contributed by atoms with van der Waals surface area (Å²) in [5, 5.41) is 5.54. The molecule has 0 radical (unpaired) electrons. The second-order valence-electron chi connectivity index (χ2n) is 6.25. The summed E-state index contributed by atoms with van der Waals surface area (Å²) >= 11 is 1.72. The number of ether oxygens (including phenoxy) is 1. The van der Waals surface area contributed by atoms with Gasteiger partial charge in [0.15, 0.2) is 0 Å². The molecule has 2 aromatic heterocycles. The number of nitrogens with zero attached hydrogens (tertiary/aromatic N) is 3. The fourth-order valence-electron chi connectivity index (χ4n) is 3.40. The number of aromatic nitrogens is 2. The first-order valence-electron chi connectivity index (χ1n) is 8.62. The molecule has 4 rings (SSSR count). The molecule has 26 heavy (non-hydrogen) atoms. The number of carbonyl (C=O) groups excluding carboxylic acids is 1. The quantitative estimate of drug-likeness (QED) is 0.714. The first-order valence-corrected chi connectivity index (χ1v) is 9.44. The van der Waals surface area contributed by atoms with Crippen LogP contribution >= 0.6 is 11.3 Å². The van der Waals surface area contributed by atoms with E-state index in [2.05, 4.69) is 38.4 Å². The van der Waals surface area contributed by atoms with E-state index in [1.807, 2.05) is 18.2 Å². The van der Waals surface area contributed by atoms with E-state index in [0.717, 1.165) is 18.0 Å². The van der Waals surface area contributed by atoms with Crippen LogP contribution in [0.4, 0.5) is 10.9 Å². The normalized spacial score (nSPS) is 20.0. The number of fused-ring (bicyclic) bond motifs is 1. The van der Waals surface area contributed by atoms with E-state index >= 15 is 0 Å². The molecular weight excluding hydrogens is 348 g/mol. The Morgan fingerprint density at radius 3 is 2.85 bits per heavy atom. The Kier molecular flexibility index (Phi) is 4.81. The highest BCUT2D eigenvalue weighted by molar-refractivity contribution is 7.22. The molecule has 1 aliphatic rings. The molecule has 134 valence electrons. The van der Waals surface area contributed by atoms with Crippen LogP contribution in [0.25, 0.3) is 10.1 Å². The number of piperidine rings is 1. The van der Waals surface area contributed by atoms with E-state index in [1.165, 1.54) is 17.2 Å². The molecule has 0 saturated carbocycles. The lowest BCUT2D eigenvalue weighted by Gasteiger charge is -2.36. The number of anilines is 2. The van der Waals surface area contributed by atoms with Gasteiger partial charge >= 0.3 is 5.97 Å². The van der Waals surface area contributed by atoms with E-state index in [1.54, 1.807) is 23.7 Å². The minimum atomic E-state index is -0.306. The van der Waals surface area contributed by atoms with Crippen LogP contribution in [0.5, 0.6) is 0 Å². The standard InChI is InChI=1S/C19H20N4O2S/c1-25-18(24)15-12-14(7-10-20-15)23(19-21-8-4-9-22-19)17-11-13-5-2-3-6-16(13)26-17/h2-6,8-9,11,14-15,20H,7,10,12H2,1H3. The van der Waals surface area contributed by atoms with Gasteiger partial charge in [-0.2, -0.15) is 0 Å². The molecule has 0 spiro atoms. The highest BCUT2D eigenvalue weighted by Gasteiger charge is 2.33. The van der Waals surface area contributed by atoms with Crippen molar-refractivity contribution in [1.82, 2.24) is 15.3 Å². The van der Waals surface area contributed by atoms with Crippen molar-refractivity contribution in [2.24, 2.45) is 0 Å². The largest absolute Gasteiger partial charge is 0.468 e. The summed E-state index contributed by atoms with van der Waals surface area (Å²) in [6.45, 7) is 0.749. The van der Waals surface area contributed by atoms with Gasteiger partial charge in [0.1, 0.15) is 6.04 Å². The van der Waals surface area contributed by atoms with E-state index in [9.17, 15) is 4.79 Å². The maximum atomic E-state index is 12.0. The van der Waals surface area contributed by atoms with Gasteiger partial charge in [-0.05, 0) is 43.0 Å². The molecular formula is C19H20N4O2S. The molecule has 2 unspecified atom stereocenters. The van der Waals surface area contributed by atoms with Crippen molar-refractivity contribution in [3.63, 3.8) is 0 Å². The maximum absolute atomic E-state index is 12.0. The van der Waals surface area contributed by atoms with Gasteiger partial charge in [0.25, 0.3) is 0 Å². The fraction of sp³-hybridized carbons (Fsp3) is 0.316. The van der Waals surface area contributed by atoms with Gasteiger partial charge < -0.3 is 10.1 Å². The van der Waals surface area contributed by atoms with E-state index < -0.39 is 0 Å². The van der Waals surface area contributed by atoms with Crippen LogP contribution < -0.4 is 10.2 Å². The second kappa shape index (κ2) is 7.39. The van der Waals surface area contributed by atoms with Crippen LogP contribution in [0, 0.1) is 0 Å². The Morgan fingerprint density at radius 1 is 1.27 bits per heavy atom. The second-order valence-corrected chi connectivity index (χ2v) is 7.31. The van der Waals surface area contributed by atoms with Crippen LogP contribution in [-0.4, -0.2) is 41.7 Å². The number of carbonyl (C=O) groups is 1. The van der Waals surface area contributed by atoms with E-state index in [4.69, 9.17) is 4.74 Å². The first kappa shape index (κ1) is 16.9. The molecule has 1 N–H and O–H groups in total. The zero-order valence-corrected chi connectivity index (χ0v) is 15.3. The van der Waals surface area contributed by atoms with Crippen molar-refractivity contribution in [3.8, 4) is 0 Å². The average Bonchev–Trinajstić information content (AvgIpc) is 3.12. The third-order valence-electron chi connectivity index (χ3n) is 4.64. The summed E-state index contributed by atoms with van der Waals surface area (Å²) in [5.41, 5.74) is 0. The van der Waals surface area contributed by atoms with Crippen LogP contribution in [0.1, 0.15) is 12.8 Å². The topological polar surface area (TPSA) is 67.3 Å². The van der Waals surface area contributed by atoms with Crippen LogP contribution in [-0.2, 0) is 9.53 Å². The number of hydrogen-bond donors (Lipinski definition) is 1. The number of methoxy groups -OCH3 is 1. The lowest BCUT2D eigenvalue weighted by molar-refractivity contribution is -0.143. The SMILES string of the molecule is COC(=O)C1CC(N(c2ncccn2)c2cc3ccccc3s2)CCN1. The molecule has 7 heteroatoms. The molecule has 0 bridgehead atoms. The van der Waals surface area contributed by atoms with Gasteiger partial charge in [-0.1, -0.05) is 18.2 Å². The van der Waals surface area contributed by atoms with Gasteiger partial charge in [0.05, 0.1) is 12.1 Å². The summed E-state index contributed by atoms with van der Waals surface area (Å²) < 4.78 is 6.15. The monoisotopic (exact) mass is 368 g/mol. The number of rotatable bonds is 4. The molecule has 3 heterocycles. The lowest BCUT2D eigenvalue weighted by atomic mass is 9.98. The van der Waals surface area contributed by atoms with Crippen molar-refractivity contribution in [3.05, 3.63) is 48.8 Å². The summed E-state index contributed by atoms with van der Waals surface area (Å²) in [4.78, 5) is 23.1. The molecule has 1 fully saturated rings. The molecule has 6 nitrogen and oxygen atoms in total. The van der Waals surface area contributed by atoms with Gasteiger partial charge in [0, 0.05) is 23.1 Å². The summed E-state index contributed by atoms with van der Waals surface area (Å²) in [7, 11) is 1.43. The van der Waals surface area contributed by atoms with Gasteiger partial charge in [0.2, 0.25) is 5.95 Å². The number of nitrogens with one attached hydrogen (secondary N) is 1. The maximum Gasteiger partial charge on any atom is 0.322 e. The predicted molar refractivity (Wildman–Crippen MR) is 103 cm³/mol. The number of thiophene rings is 1. The van der Waals surface area contributed by atoms with Gasteiger partial charge in [-0.3, -0.25) is 9.69 Å². The van der Waals surface area contributed by atoms with Crippen molar-refractivity contribution >= 4 is 38.3 Å². The minimum Gasteiger partial charge on any atom is -0.468 e. The average molecular weight is 368 g/mol. The minimum absolute atomic E-state index is 0.121. The Hall–Kier alpha value is -2.51. The van der Waals surface area contributed by atoms with Gasteiger partial charge in [-0.15, -0.1) is 11.3 Å². The van der Waals surface area contributed by atoms with Crippen molar-refractivity contribution in [1.29, 1.82) is 0 Å². The van der Waals surface area contributed by atoms with Crippen LogP contribution in [0.15, 0.2) is 48.8 Å². The highest BCUT2D eigenvalue weighted by Crippen LogP contribution is 2.38. The first-order chi connectivity index (χ1) is 12.8. The van der Waals surface area contributed by atoms with Crippen molar-refractivity contribution in [2.45, 2.75) is 24.9 Å². The Bertz CT molecular complexity index is 866. The third kappa shape index (κ3) is 3.27. The molecule has 1 aliphatic heterocycles. The van der Waals surface area contributed by atoms with Crippen molar-refractivity contribution < 1.29 is 9.53 Å². The zero-order chi connectivity index (χ0) is 17.9. The van der Waals surface area contributed by atoms with Gasteiger partial charge in [-0.25, -0.2) is 9.97 Å². The fourth-order valence-corrected chi connectivity index (χ4v) is 4.53. The Labute approximate surface area is 155 Å². The number of hydrogen-bond acceptors (Lipinski definition) is 7. The number of esters is 1. The highest BCUT2D eigenvalue weighted by atomic mass is 32.1. The lowest BCUT2D eigenvalue weighted by Crippen LogP contribution is -2.50. The van der Waals surface area contributed by atoms with Crippen LogP contribution in [0.2, 0.25) is 0 Å². The van der Waals surface area contributed by atoms with E-state index in [-0.39, 0.29) is 18.1 Å². The molecule has 0 amide bonds. The number of benzene rings is 1. The summed E-state index contributed by atoms with van der Waals surface area (Å²) in [5.74, 6) is 0.439. The molecule has 1 aromatic carbocycles. The third-order valence-corrected chi connectivity index (χ3v) is 5.76. The molecule has 3 aromatic rings. The Balaban J connectivity index is 1.72. The van der Waals surface area contributed by atoms with Crippen LogP contribution in [0.3, 0.4) is 0 Å². The molecule has 2 atom stereocenters. The van der Waals surface area contributed by atoms with Crippen molar-refractivity contribution in [2.75, 3.05) is 18.6 Å².